The van der Waals surface area contributed by atoms with E-state index in [1.54, 1.807) is 0 Å². The highest BCUT2D eigenvalue weighted by Crippen LogP contribution is 2.15. The van der Waals surface area contributed by atoms with E-state index in [0.29, 0.717) is 6.42 Å². The van der Waals surface area contributed by atoms with Gasteiger partial charge in [0.1, 0.15) is 0 Å². The van der Waals surface area contributed by atoms with Crippen molar-refractivity contribution in [2.45, 2.75) is 44.6 Å². The van der Waals surface area contributed by atoms with Crippen molar-refractivity contribution in [3.63, 3.8) is 0 Å². The zero-order valence-corrected chi connectivity index (χ0v) is 11.8. The molecule has 1 aromatic rings. The molecule has 0 fully saturated rings. The molecule has 1 aliphatic rings. The first-order chi connectivity index (χ1) is 9.81. The molecule has 2 N–H and O–H groups in total. The standard InChI is InChI=1S/C17H23NO2/c19-13-15-11-6-4-2-1-3-5-9-14-10-7-8-12-16(14)17(20)18-15/h4,6-8,10,12,15,19H,1-3,5,9,11,13H2,(H,18,20)/b6-4-. The van der Waals surface area contributed by atoms with Crippen molar-refractivity contribution in [1.82, 2.24) is 5.32 Å². The van der Waals surface area contributed by atoms with Crippen LogP contribution in [0.5, 0.6) is 0 Å². The third kappa shape index (κ3) is 4.20. The fourth-order valence-electron chi connectivity index (χ4n) is 2.53. The Balaban J connectivity index is 2.18. The number of fused-ring (bicyclic) bond motifs is 1. The van der Waals surface area contributed by atoms with Crippen LogP contribution >= 0.6 is 0 Å². The summed E-state index contributed by atoms with van der Waals surface area (Å²) in [4.78, 5) is 12.3. The molecule has 1 unspecified atom stereocenters. The Labute approximate surface area is 120 Å². The number of rotatable bonds is 1. The van der Waals surface area contributed by atoms with Gasteiger partial charge >= 0.3 is 0 Å². The summed E-state index contributed by atoms with van der Waals surface area (Å²) in [5.41, 5.74) is 1.85. The van der Waals surface area contributed by atoms with Crippen molar-refractivity contribution >= 4 is 5.91 Å². The fourth-order valence-corrected chi connectivity index (χ4v) is 2.53. The molecule has 108 valence electrons. The van der Waals surface area contributed by atoms with Gasteiger partial charge in [-0.3, -0.25) is 4.79 Å². The topological polar surface area (TPSA) is 49.3 Å². The minimum absolute atomic E-state index is 0.0295. The van der Waals surface area contributed by atoms with E-state index in [9.17, 15) is 9.90 Å². The van der Waals surface area contributed by atoms with E-state index in [4.69, 9.17) is 0 Å². The number of hydrogen-bond donors (Lipinski definition) is 2. The first kappa shape index (κ1) is 14.8. The van der Waals surface area contributed by atoms with E-state index in [1.165, 1.54) is 12.8 Å². The summed E-state index contributed by atoms with van der Waals surface area (Å²) in [5.74, 6) is -0.0766. The Morgan fingerprint density at radius 3 is 2.85 bits per heavy atom. The minimum atomic E-state index is -0.201. The largest absolute Gasteiger partial charge is 0.394 e. The highest BCUT2D eigenvalue weighted by Gasteiger charge is 2.15. The van der Waals surface area contributed by atoms with Crippen LogP contribution in [0.1, 0.15) is 48.0 Å². The van der Waals surface area contributed by atoms with Crippen LogP contribution in [0.4, 0.5) is 0 Å². The second-order valence-electron chi connectivity index (χ2n) is 5.32. The molecule has 0 saturated heterocycles. The number of allylic oxidation sites excluding steroid dienone is 1. The zero-order valence-electron chi connectivity index (χ0n) is 11.8. The highest BCUT2D eigenvalue weighted by atomic mass is 16.3. The Kier molecular flexibility index (Phi) is 5.81. The summed E-state index contributed by atoms with van der Waals surface area (Å²) in [7, 11) is 0. The Morgan fingerprint density at radius 1 is 1.15 bits per heavy atom. The van der Waals surface area contributed by atoms with Crippen LogP contribution < -0.4 is 5.32 Å². The lowest BCUT2D eigenvalue weighted by atomic mass is 10.00. The molecule has 0 saturated carbocycles. The van der Waals surface area contributed by atoms with Crippen molar-refractivity contribution in [3.05, 3.63) is 47.5 Å². The number of hydrogen-bond acceptors (Lipinski definition) is 2. The average molecular weight is 273 g/mol. The lowest BCUT2D eigenvalue weighted by molar-refractivity contribution is 0.0916. The lowest BCUT2D eigenvalue weighted by Gasteiger charge is -2.16. The number of aliphatic hydroxyl groups excluding tert-OH is 1. The molecule has 3 nitrogen and oxygen atoms in total. The number of aliphatic hydroxyl groups is 1. The van der Waals surface area contributed by atoms with Crippen molar-refractivity contribution in [3.8, 4) is 0 Å². The van der Waals surface area contributed by atoms with E-state index in [1.807, 2.05) is 24.3 Å². The van der Waals surface area contributed by atoms with Crippen molar-refractivity contribution in [2.24, 2.45) is 0 Å². The van der Waals surface area contributed by atoms with Gasteiger partial charge in [0.05, 0.1) is 12.6 Å². The van der Waals surface area contributed by atoms with E-state index >= 15 is 0 Å². The van der Waals surface area contributed by atoms with Gasteiger partial charge in [-0.2, -0.15) is 0 Å². The molecule has 0 radical (unpaired) electrons. The van der Waals surface area contributed by atoms with E-state index in [0.717, 1.165) is 30.4 Å². The van der Waals surface area contributed by atoms with E-state index in [2.05, 4.69) is 17.5 Å². The smallest absolute Gasteiger partial charge is 0.251 e. The average Bonchev–Trinajstić information content (AvgIpc) is 2.49. The minimum Gasteiger partial charge on any atom is -0.394 e. The maximum absolute atomic E-state index is 12.3. The second-order valence-corrected chi connectivity index (χ2v) is 5.32. The van der Waals surface area contributed by atoms with Gasteiger partial charge in [0, 0.05) is 5.56 Å². The van der Waals surface area contributed by atoms with E-state index in [-0.39, 0.29) is 18.6 Å². The second kappa shape index (κ2) is 7.85. The van der Waals surface area contributed by atoms with Gasteiger partial charge in [0.2, 0.25) is 0 Å². The first-order valence-electron chi connectivity index (χ1n) is 7.46. The van der Waals surface area contributed by atoms with Crippen LogP contribution in [-0.4, -0.2) is 23.7 Å². The number of amides is 1. The third-order valence-electron chi connectivity index (χ3n) is 3.72. The summed E-state index contributed by atoms with van der Waals surface area (Å²) in [6.07, 6.45) is 10.4. The normalized spacial score (nSPS) is 22.6. The summed E-state index contributed by atoms with van der Waals surface area (Å²) < 4.78 is 0. The molecule has 0 aliphatic carbocycles. The number of carbonyl (C=O) groups excluding carboxylic acids is 1. The van der Waals surface area contributed by atoms with Gasteiger partial charge in [0.25, 0.3) is 5.91 Å². The van der Waals surface area contributed by atoms with Crippen LogP contribution in [0.3, 0.4) is 0 Å². The molecule has 1 atom stereocenters. The van der Waals surface area contributed by atoms with Crippen LogP contribution in [-0.2, 0) is 6.42 Å². The zero-order chi connectivity index (χ0) is 14.2. The highest BCUT2D eigenvalue weighted by molar-refractivity contribution is 5.95. The molecule has 0 aromatic heterocycles. The molecule has 1 heterocycles. The maximum Gasteiger partial charge on any atom is 0.251 e. The first-order valence-corrected chi connectivity index (χ1v) is 7.46. The van der Waals surface area contributed by atoms with Gasteiger partial charge in [-0.25, -0.2) is 0 Å². The van der Waals surface area contributed by atoms with Crippen molar-refractivity contribution in [1.29, 1.82) is 0 Å². The molecular formula is C17H23NO2. The fraction of sp³-hybridized carbons (Fsp3) is 0.471. The molecular weight excluding hydrogens is 250 g/mol. The lowest BCUT2D eigenvalue weighted by Crippen LogP contribution is -2.37. The number of carbonyl (C=O) groups is 1. The predicted octanol–water partition coefficient (Wildman–Crippen LogP) is 2.84. The third-order valence-corrected chi connectivity index (χ3v) is 3.72. The van der Waals surface area contributed by atoms with Gasteiger partial charge in [-0.05, 0) is 43.7 Å². The van der Waals surface area contributed by atoms with Gasteiger partial charge < -0.3 is 10.4 Å². The van der Waals surface area contributed by atoms with Gasteiger partial charge in [-0.15, -0.1) is 0 Å². The van der Waals surface area contributed by atoms with Crippen molar-refractivity contribution < 1.29 is 9.90 Å². The Morgan fingerprint density at radius 2 is 2.00 bits per heavy atom. The maximum atomic E-state index is 12.3. The summed E-state index contributed by atoms with van der Waals surface area (Å²) in [6.45, 7) is -0.0295. The predicted molar refractivity (Wildman–Crippen MR) is 80.7 cm³/mol. The number of benzene rings is 1. The number of nitrogens with one attached hydrogen (secondary N) is 1. The molecule has 1 amide bonds. The van der Waals surface area contributed by atoms with Crippen molar-refractivity contribution in [2.75, 3.05) is 6.61 Å². The quantitative estimate of drug-likeness (QED) is 0.773. The number of aryl methyl sites for hydroxylation is 1. The monoisotopic (exact) mass is 273 g/mol. The van der Waals surface area contributed by atoms with Crippen LogP contribution in [0.15, 0.2) is 36.4 Å². The Hall–Kier alpha value is -1.61. The molecule has 1 aliphatic heterocycles. The Bertz CT molecular complexity index is 468. The molecule has 20 heavy (non-hydrogen) atoms. The van der Waals surface area contributed by atoms with Gasteiger partial charge in [0.15, 0.2) is 0 Å². The SMILES string of the molecule is O=C1NC(CO)C/C=C\CCCCCc2ccccc21. The molecule has 3 heteroatoms. The van der Waals surface area contributed by atoms with Crippen LogP contribution in [0, 0.1) is 0 Å². The molecule has 0 bridgehead atoms. The summed E-state index contributed by atoms with van der Waals surface area (Å²) in [6, 6.07) is 7.57. The molecule has 1 aromatic carbocycles. The van der Waals surface area contributed by atoms with Crippen LogP contribution in [0.25, 0.3) is 0 Å². The molecule has 2 rings (SSSR count). The van der Waals surface area contributed by atoms with Crippen LogP contribution in [0.2, 0.25) is 0 Å². The molecule has 0 spiro atoms. The van der Waals surface area contributed by atoms with E-state index < -0.39 is 0 Å². The summed E-state index contributed by atoms with van der Waals surface area (Å²) in [5, 5.41) is 12.3. The summed E-state index contributed by atoms with van der Waals surface area (Å²) >= 11 is 0. The van der Waals surface area contributed by atoms with Gasteiger partial charge in [-0.1, -0.05) is 36.8 Å².